The molecule has 0 bridgehead atoms. The highest BCUT2D eigenvalue weighted by atomic mass is 19.3. The second-order valence-electron chi connectivity index (χ2n) is 4.33. The Kier molecular flexibility index (Phi) is 1.94. The van der Waals surface area contributed by atoms with E-state index in [-0.39, 0.29) is 0 Å². The van der Waals surface area contributed by atoms with Gasteiger partial charge in [0.1, 0.15) is 5.41 Å². The van der Waals surface area contributed by atoms with Crippen LogP contribution in [0.3, 0.4) is 0 Å². The van der Waals surface area contributed by atoms with Gasteiger partial charge in [-0.2, -0.15) is 0 Å². The third-order valence-corrected chi connectivity index (χ3v) is 3.39. The Labute approximate surface area is 75.9 Å². The largest absolute Gasteiger partial charge is 0.481 e. The summed E-state index contributed by atoms with van der Waals surface area (Å²) in [6.45, 7) is 4.91. The van der Waals surface area contributed by atoms with Gasteiger partial charge in [-0.25, -0.2) is 8.78 Å². The molecule has 1 rings (SSSR count). The molecule has 0 aliphatic heterocycles. The molecule has 1 saturated carbocycles. The van der Waals surface area contributed by atoms with E-state index in [0.29, 0.717) is 6.42 Å². The van der Waals surface area contributed by atoms with Crippen molar-refractivity contribution in [2.75, 3.05) is 0 Å². The van der Waals surface area contributed by atoms with Crippen molar-refractivity contribution in [1.29, 1.82) is 0 Å². The van der Waals surface area contributed by atoms with Gasteiger partial charge in [0, 0.05) is 6.42 Å². The van der Waals surface area contributed by atoms with E-state index in [1.165, 1.54) is 0 Å². The Balaban J connectivity index is 3.05. The second-order valence-corrected chi connectivity index (χ2v) is 4.33. The zero-order valence-electron chi connectivity index (χ0n) is 8.03. The minimum absolute atomic E-state index is 0.439. The number of alkyl halides is 2. The summed E-state index contributed by atoms with van der Waals surface area (Å²) in [6, 6.07) is 0. The van der Waals surface area contributed by atoms with E-state index in [1.807, 2.05) is 0 Å². The zero-order chi connectivity index (χ0) is 10.5. The van der Waals surface area contributed by atoms with E-state index in [2.05, 4.69) is 0 Å². The number of carboxylic acids is 1. The van der Waals surface area contributed by atoms with Gasteiger partial charge in [0.25, 0.3) is 5.92 Å². The number of hydrogen-bond donors (Lipinski definition) is 1. The van der Waals surface area contributed by atoms with Gasteiger partial charge in [-0.15, -0.1) is 0 Å². The van der Waals surface area contributed by atoms with Gasteiger partial charge in [0.05, 0.1) is 0 Å². The second kappa shape index (κ2) is 2.42. The SMILES string of the molecule is CCC(C)(C)C1(C(=O)O)CC1(F)F. The van der Waals surface area contributed by atoms with Gasteiger partial charge >= 0.3 is 5.97 Å². The van der Waals surface area contributed by atoms with Crippen molar-refractivity contribution in [3.8, 4) is 0 Å². The summed E-state index contributed by atoms with van der Waals surface area (Å²) in [5.41, 5.74) is -2.67. The quantitative estimate of drug-likeness (QED) is 0.746. The standard InChI is InChI=1S/C9H14F2O2/c1-4-7(2,3)8(6(12)13)5-9(8,10)11/h4-5H2,1-3H3,(H,12,13). The van der Waals surface area contributed by atoms with Crippen LogP contribution in [0.25, 0.3) is 0 Å². The monoisotopic (exact) mass is 192 g/mol. The summed E-state index contributed by atoms with van der Waals surface area (Å²) < 4.78 is 26.0. The predicted octanol–water partition coefficient (Wildman–Crippen LogP) is 2.53. The first-order chi connectivity index (χ1) is 5.71. The van der Waals surface area contributed by atoms with Crippen LogP contribution in [0.4, 0.5) is 8.78 Å². The molecule has 0 aromatic carbocycles. The molecule has 1 aliphatic rings. The van der Waals surface area contributed by atoms with Crippen LogP contribution in [0.5, 0.6) is 0 Å². The minimum Gasteiger partial charge on any atom is -0.481 e. The maximum Gasteiger partial charge on any atom is 0.316 e. The Hall–Kier alpha value is -0.670. The van der Waals surface area contributed by atoms with Crippen molar-refractivity contribution in [3.63, 3.8) is 0 Å². The van der Waals surface area contributed by atoms with Crippen LogP contribution >= 0.6 is 0 Å². The van der Waals surface area contributed by atoms with Crippen LogP contribution < -0.4 is 0 Å². The lowest BCUT2D eigenvalue weighted by molar-refractivity contribution is -0.155. The average molecular weight is 192 g/mol. The van der Waals surface area contributed by atoms with Crippen molar-refractivity contribution in [2.24, 2.45) is 10.8 Å². The van der Waals surface area contributed by atoms with Crippen LogP contribution in [0.1, 0.15) is 33.6 Å². The number of hydrogen-bond acceptors (Lipinski definition) is 1. The lowest BCUT2D eigenvalue weighted by Crippen LogP contribution is -2.37. The fraction of sp³-hybridized carbons (Fsp3) is 0.889. The summed E-state index contributed by atoms with van der Waals surface area (Å²) in [7, 11) is 0. The highest BCUT2D eigenvalue weighted by molar-refractivity contribution is 5.81. The van der Waals surface area contributed by atoms with Crippen molar-refractivity contribution in [3.05, 3.63) is 0 Å². The Bertz CT molecular complexity index is 248. The summed E-state index contributed by atoms with van der Waals surface area (Å²) in [4.78, 5) is 10.8. The molecule has 0 aromatic rings. The molecule has 1 fully saturated rings. The molecule has 76 valence electrons. The minimum atomic E-state index is -3.03. The summed E-state index contributed by atoms with van der Waals surface area (Å²) in [6.07, 6.45) is -0.0783. The van der Waals surface area contributed by atoms with Crippen LogP contribution in [0.15, 0.2) is 0 Å². The Morgan fingerprint density at radius 2 is 1.92 bits per heavy atom. The smallest absolute Gasteiger partial charge is 0.316 e. The molecule has 0 radical (unpaired) electrons. The van der Waals surface area contributed by atoms with Gasteiger partial charge in [-0.3, -0.25) is 4.79 Å². The number of aliphatic carboxylic acids is 1. The fourth-order valence-corrected chi connectivity index (χ4v) is 1.85. The molecular formula is C9H14F2O2. The fourth-order valence-electron chi connectivity index (χ4n) is 1.85. The Morgan fingerprint density at radius 1 is 1.54 bits per heavy atom. The maximum atomic E-state index is 13.0. The number of carbonyl (C=O) groups is 1. The maximum absolute atomic E-state index is 13.0. The van der Waals surface area contributed by atoms with Crippen molar-refractivity contribution < 1.29 is 18.7 Å². The summed E-state index contributed by atoms with van der Waals surface area (Å²) in [5.74, 6) is -4.40. The molecule has 0 aromatic heterocycles. The van der Waals surface area contributed by atoms with E-state index in [4.69, 9.17) is 5.11 Å². The van der Waals surface area contributed by atoms with Crippen molar-refractivity contribution >= 4 is 5.97 Å². The summed E-state index contributed by atoms with van der Waals surface area (Å²) in [5, 5.41) is 8.83. The molecule has 4 heteroatoms. The average Bonchev–Trinajstić information content (AvgIpc) is 2.56. The molecule has 13 heavy (non-hydrogen) atoms. The van der Waals surface area contributed by atoms with E-state index in [1.54, 1.807) is 20.8 Å². The van der Waals surface area contributed by atoms with Gasteiger partial charge in [0.15, 0.2) is 0 Å². The van der Waals surface area contributed by atoms with E-state index >= 15 is 0 Å². The van der Waals surface area contributed by atoms with Crippen molar-refractivity contribution in [1.82, 2.24) is 0 Å². The highest BCUT2D eigenvalue weighted by Crippen LogP contribution is 2.70. The highest BCUT2D eigenvalue weighted by Gasteiger charge is 2.81. The normalized spacial score (nSPS) is 31.5. The van der Waals surface area contributed by atoms with Crippen LogP contribution in [0.2, 0.25) is 0 Å². The molecule has 1 unspecified atom stereocenters. The third kappa shape index (κ3) is 1.07. The lowest BCUT2D eigenvalue weighted by atomic mass is 9.73. The van der Waals surface area contributed by atoms with Gasteiger partial charge in [0.2, 0.25) is 0 Å². The molecule has 2 nitrogen and oxygen atoms in total. The first-order valence-electron chi connectivity index (χ1n) is 4.32. The molecule has 1 atom stereocenters. The first kappa shape index (κ1) is 10.4. The molecule has 0 spiro atoms. The van der Waals surface area contributed by atoms with Gasteiger partial charge < -0.3 is 5.11 Å². The number of halogens is 2. The van der Waals surface area contributed by atoms with Crippen LogP contribution in [-0.2, 0) is 4.79 Å². The Morgan fingerprint density at radius 3 is 2.00 bits per heavy atom. The third-order valence-electron chi connectivity index (χ3n) is 3.39. The van der Waals surface area contributed by atoms with E-state index < -0.39 is 29.1 Å². The van der Waals surface area contributed by atoms with E-state index in [0.717, 1.165) is 0 Å². The lowest BCUT2D eigenvalue weighted by Gasteiger charge is -2.30. The topological polar surface area (TPSA) is 37.3 Å². The first-order valence-corrected chi connectivity index (χ1v) is 4.32. The molecule has 1 aliphatic carbocycles. The predicted molar refractivity (Wildman–Crippen MR) is 43.7 cm³/mol. The summed E-state index contributed by atoms with van der Waals surface area (Å²) >= 11 is 0. The van der Waals surface area contributed by atoms with Gasteiger partial charge in [-0.05, 0) is 11.8 Å². The number of carboxylic acid groups (broad SMARTS) is 1. The molecule has 1 N–H and O–H groups in total. The van der Waals surface area contributed by atoms with Crippen molar-refractivity contribution in [2.45, 2.75) is 39.5 Å². The number of rotatable bonds is 3. The molecule has 0 heterocycles. The zero-order valence-corrected chi connectivity index (χ0v) is 8.03. The molecular weight excluding hydrogens is 178 g/mol. The van der Waals surface area contributed by atoms with Crippen LogP contribution in [0, 0.1) is 10.8 Å². The van der Waals surface area contributed by atoms with E-state index in [9.17, 15) is 13.6 Å². The molecule has 0 saturated heterocycles. The van der Waals surface area contributed by atoms with Gasteiger partial charge in [-0.1, -0.05) is 20.8 Å². The van der Waals surface area contributed by atoms with Crippen LogP contribution in [-0.4, -0.2) is 17.0 Å². The molecule has 0 amide bonds.